The minimum absolute atomic E-state index is 0.0457. The summed E-state index contributed by atoms with van der Waals surface area (Å²) in [5.41, 5.74) is 1.75. The highest BCUT2D eigenvalue weighted by atomic mass is 16.3. The van der Waals surface area contributed by atoms with Crippen molar-refractivity contribution in [2.45, 2.75) is 39.0 Å². The van der Waals surface area contributed by atoms with E-state index in [1.165, 1.54) is 10.5 Å². The van der Waals surface area contributed by atoms with Crippen molar-refractivity contribution >= 4 is 11.8 Å². The number of likely N-dealkylation sites (tertiary alicyclic amines) is 1. The average molecular weight is 301 g/mol. The molecule has 1 fully saturated rings. The Morgan fingerprint density at radius 3 is 2.68 bits per heavy atom. The van der Waals surface area contributed by atoms with E-state index in [-0.39, 0.29) is 36.8 Å². The van der Waals surface area contributed by atoms with Crippen LogP contribution in [0.25, 0.3) is 0 Å². The van der Waals surface area contributed by atoms with Gasteiger partial charge in [0, 0.05) is 18.6 Å². The first-order valence-electron chi connectivity index (χ1n) is 7.98. The van der Waals surface area contributed by atoms with Crippen molar-refractivity contribution in [3.8, 4) is 0 Å². The Bertz CT molecular complexity index is 608. The van der Waals surface area contributed by atoms with E-state index in [1.807, 2.05) is 32.0 Å². The van der Waals surface area contributed by atoms with Gasteiger partial charge >= 0.3 is 0 Å². The molecule has 1 aromatic carbocycles. The quantitative estimate of drug-likeness (QED) is 0.870. The largest absolute Gasteiger partial charge is 0.396 e. The van der Waals surface area contributed by atoms with Crippen LogP contribution < -0.4 is 0 Å². The minimum Gasteiger partial charge on any atom is -0.396 e. The first-order chi connectivity index (χ1) is 10.4. The van der Waals surface area contributed by atoms with E-state index in [1.54, 1.807) is 0 Å². The third-order valence-corrected chi connectivity index (χ3v) is 4.88. The van der Waals surface area contributed by atoms with Crippen LogP contribution in [-0.4, -0.2) is 35.0 Å². The number of fused-ring (bicyclic) bond motifs is 3. The summed E-state index contributed by atoms with van der Waals surface area (Å²) in [4.78, 5) is 27.0. The highest BCUT2D eigenvalue weighted by molar-refractivity contribution is 6.08. The highest BCUT2D eigenvalue weighted by Crippen LogP contribution is 2.42. The lowest BCUT2D eigenvalue weighted by molar-refractivity contribution is -0.141. The predicted molar refractivity (Wildman–Crippen MR) is 83.2 cm³/mol. The van der Waals surface area contributed by atoms with Gasteiger partial charge in [0.2, 0.25) is 11.8 Å². The molecule has 22 heavy (non-hydrogen) atoms. The van der Waals surface area contributed by atoms with E-state index in [0.717, 1.165) is 24.8 Å². The van der Waals surface area contributed by atoms with Crippen molar-refractivity contribution in [1.82, 2.24) is 4.90 Å². The number of aliphatic hydroxyl groups is 1. The SMILES string of the molecule is CC(C)(CO)CN1C(=O)C2CCCc3ccccc3C2C1=O. The van der Waals surface area contributed by atoms with Crippen molar-refractivity contribution in [1.29, 1.82) is 0 Å². The molecule has 1 aliphatic carbocycles. The van der Waals surface area contributed by atoms with Gasteiger partial charge in [-0.05, 0) is 30.4 Å². The van der Waals surface area contributed by atoms with Gasteiger partial charge in [-0.15, -0.1) is 0 Å². The summed E-state index contributed by atoms with van der Waals surface area (Å²) in [6.07, 6.45) is 2.64. The van der Waals surface area contributed by atoms with Gasteiger partial charge in [0.25, 0.3) is 0 Å². The van der Waals surface area contributed by atoms with Crippen LogP contribution in [0.3, 0.4) is 0 Å². The van der Waals surface area contributed by atoms with Gasteiger partial charge in [-0.3, -0.25) is 14.5 Å². The number of aryl methyl sites for hydroxylation is 1. The molecular formula is C18H23NO3. The number of rotatable bonds is 3. The second kappa shape index (κ2) is 5.51. The maximum absolute atomic E-state index is 12.9. The molecule has 2 amide bonds. The third-order valence-electron chi connectivity index (χ3n) is 4.88. The van der Waals surface area contributed by atoms with E-state index < -0.39 is 5.41 Å². The van der Waals surface area contributed by atoms with E-state index in [0.29, 0.717) is 0 Å². The molecule has 1 N–H and O–H groups in total. The summed E-state index contributed by atoms with van der Waals surface area (Å²) < 4.78 is 0. The van der Waals surface area contributed by atoms with Crippen LogP contribution in [0.5, 0.6) is 0 Å². The monoisotopic (exact) mass is 301 g/mol. The number of aliphatic hydroxyl groups excluding tert-OH is 1. The van der Waals surface area contributed by atoms with Gasteiger partial charge in [-0.1, -0.05) is 38.1 Å². The topological polar surface area (TPSA) is 57.6 Å². The number of imide groups is 1. The summed E-state index contributed by atoms with van der Waals surface area (Å²) in [6, 6.07) is 7.99. The molecule has 0 aromatic heterocycles. The van der Waals surface area contributed by atoms with Crippen LogP contribution in [0, 0.1) is 11.3 Å². The van der Waals surface area contributed by atoms with Crippen LogP contribution in [0.4, 0.5) is 0 Å². The Hall–Kier alpha value is -1.68. The zero-order valence-electron chi connectivity index (χ0n) is 13.2. The van der Waals surface area contributed by atoms with Gasteiger partial charge in [0.05, 0.1) is 11.8 Å². The normalized spacial score (nSPS) is 25.0. The Morgan fingerprint density at radius 1 is 1.23 bits per heavy atom. The summed E-state index contributed by atoms with van der Waals surface area (Å²) in [7, 11) is 0. The second-order valence-corrected chi connectivity index (χ2v) is 7.26. The highest BCUT2D eigenvalue weighted by Gasteiger charge is 2.50. The molecular weight excluding hydrogens is 278 g/mol. The average Bonchev–Trinajstić information content (AvgIpc) is 2.67. The molecule has 1 aliphatic heterocycles. The molecule has 1 heterocycles. The van der Waals surface area contributed by atoms with Gasteiger partial charge in [-0.2, -0.15) is 0 Å². The van der Waals surface area contributed by atoms with Gasteiger partial charge in [0.15, 0.2) is 0 Å². The number of benzene rings is 1. The molecule has 118 valence electrons. The zero-order chi connectivity index (χ0) is 15.9. The Morgan fingerprint density at radius 2 is 1.95 bits per heavy atom. The smallest absolute Gasteiger partial charge is 0.237 e. The Labute approximate surface area is 131 Å². The lowest BCUT2D eigenvalue weighted by Gasteiger charge is -2.27. The second-order valence-electron chi connectivity index (χ2n) is 7.26. The molecule has 0 bridgehead atoms. The first kappa shape index (κ1) is 15.2. The van der Waals surface area contributed by atoms with Crippen LogP contribution in [0.15, 0.2) is 24.3 Å². The van der Waals surface area contributed by atoms with Crippen molar-refractivity contribution in [3.05, 3.63) is 35.4 Å². The zero-order valence-corrected chi connectivity index (χ0v) is 13.2. The Kier molecular flexibility index (Phi) is 3.81. The molecule has 0 spiro atoms. The summed E-state index contributed by atoms with van der Waals surface area (Å²) in [5, 5.41) is 9.44. The van der Waals surface area contributed by atoms with E-state index in [9.17, 15) is 14.7 Å². The molecule has 3 rings (SSSR count). The van der Waals surface area contributed by atoms with E-state index in [2.05, 4.69) is 6.07 Å². The molecule has 0 radical (unpaired) electrons. The van der Waals surface area contributed by atoms with Crippen LogP contribution in [-0.2, 0) is 16.0 Å². The molecule has 1 saturated heterocycles. The molecule has 4 heteroatoms. The number of hydrogen-bond acceptors (Lipinski definition) is 3. The lowest BCUT2D eigenvalue weighted by atomic mass is 9.86. The van der Waals surface area contributed by atoms with Crippen molar-refractivity contribution in [2.24, 2.45) is 11.3 Å². The first-order valence-corrected chi connectivity index (χ1v) is 7.98. The molecule has 1 aromatic rings. The predicted octanol–water partition coefficient (Wildman–Crippen LogP) is 2.11. The Balaban J connectivity index is 1.97. The summed E-state index contributed by atoms with van der Waals surface area (Å²) >= 11 is 0. The van der Waals surface area contributed by atoms with E-state index in [4.69, 9.17) is 0 Å². The fraction of sp³-hybridized carbons (Fsp3) is 0.556. The maximum Gasteiger partial charge on any atom is 0.237 e. The third kappa shape index (κ3) is 2.45. The van der Waals surface area contributed by atoms with Crippen molar-refractivity contribution < 1.29 is 14.7 Å². The minimum atomic E-state index is -0.464. The van der Waals surface area contributed by atoms with Gasteiger partial charge < -0.3 is 5.11 Å². The fourth-order valence-electron chi connectivity index (χ4n) is 3.64. The van der Waals surface area contributed by atoms with Crippen LogP contribution in [0.2, 0.25) is 0 Å². The van der Waals surface area contributed by atoms with Crippen LogP contribution >= 0.6 is 0 Å². The van der Waals surface area contributed by atoms with E-state index >= 15 is 0 Å². The maximum atomic E-state index is 12.9. The standard InChI is InChI=1S/C18H23NO3/c1-18(2,11-20)10-19-16(21)14-9-5-7-12-6-3-4-8-13(12)15(14)17(19)22/h3-4,6,8,14-15,20H,5,7,9-11H2,1-2H3. The number of nitrogens with zero attached hydrogens (tertiary/aromatic N) is 1. The molecule has 2 unspecified atom stereocenters. The summed E-state index contributed by atoms with van der Waals surface area (Å²) in [5.74, 6) is -0.717. The summed E-state index contributed by atoms with van der Waals surface area (Å²) in [6.45, 7) is 3.98. The molecule has 2 atom stereocenters. The van der Waals surface area contributed by atoms with Gasteiger partial charge in [-0.25, -0.2) is 0 Å². The molecule has 2 aliphatic rings. The number of carbonyl (C=O) groups is 2. The molecule has 4 nitrogen and oxygen atoms in total. The van der Waals surface area contributed by atoms with Crippen molar-refractivity contribution in [2.75, 3.05) is 13.2 Å². The lowest BCUT2D eigenvalue weighted by Crippen LogP contribution is -2.40. The number of carbonyl (C=O) groups excluding carboxylic acids is 2. The van der Waals surface area contributed by atoms with Crippen molar-refractivity contribution in [3.63, 3.8) is 0 Å². The fourth-order valence-corrected chi connectivity index (χ4v) is 3.64. The van der Waals surface area contributed by atoms with Gasteiger partial charge in [0.1, 0.15) is 0 Å². The van der Waals surface area contributed by atoms with Crippen LogP contribution in [0.1, 0.15) is 43.7 Å². The molecule has 0 saturated carbocycles. The number of hydrogen-bond donors (Lipinski definition) is 1. The number of amides is 2.